The minimum atomic E-state index is -0.553. The third kappa shape index (κ3) is 2.08. The van der Waals surface area contributed by atoms with Crippen molar-refractivity contribution in [1.29, 1.82) is 0 Å². The number of fused-ring (bicyclic) bond motifs is 1. The summed E-state index contributed by atoms with van der Waals surface area (Å²) in [6.45, 7) is 0. The molecule has 1 atom stereocenters. The van der Waals surface area contributed by atoms with Gasteiger partial charge in [0.2, 0.25) is 5.91 Å². The summed E-state index contributed by atoms with van der Waals surface area (Å²) in [4.78, 5) is 13.3. The molecule has 20 heavy (non-hydrogen) atoms. The zero-order valence-electron chi connectivity index (χ0n) is 10.9. The van der Waals surface area contributed by atoms with Crippen molar-refractivity contribution >= 4 is 23.2 Å². The van der Waals surface area contributed by atoms with E-state index in [9.17, 15) is 9.18 Å². The molecule has 2 aromatic rings. The van der Waals surface area contributed by atoms with Gasteiger partial charge in [0.1, 0.15) is 5.82 Å². The smallest absolute Gasteiger partial charge is 0.231 e. The third-order valence-corrected chi connectivity index (χ3v) is 4.14. The summed E-state index contributed by atoms with van der Waals surface area (Å²) in [6.07, 6.45) is 0.376. The number of hydrogen-bond acceptors (Lipinski definition) is 1. The number of amides is 1. The largest absolute Gasteiger partial charge is 0.315 e. The van der Waals surface area contributed by atoms with Crippen molar-refractivity contribution < 1.29 is 9.18 Å². The molecule has 0 spiro atoms. The zero-order chi connectivity index (χ0) is 14.3. The van der Waals surface area contributed by atoms with Crippen molar-refractivity contribution in [2.45, 2.75) is 11.8 Å². The van der Waals surface area contributed by atoms with Crippen LogP contribution in [-0.4, -0.2) is 13.0 Å². The lowest BCUT2D eigenvalue weighted by molar-refractivity contribution is -0.117. The van der Waals surface area contributed by atoms with E-state index < -0.39 is 5.38 Å². The van der Waals surface area contributed by atoms with Crippen LogP contribution in [0.25, 0.3) is 0 Å². The van der Waals surface area contributed by atoms with Gasteiger partial charge < -0.3 is 4.90 Å². The highest BCUT2D eigenvalue weighted by Crippen LogP contribution is 2.35. The molecule has 0 aromatic heterocycles. The van der Waals surface area contributed by atoms with Crippen molar-refractivity contribution in [3.8, 4) is 0 Å². The predicted molar refractivity (Wildman–Crippen MR) is 77.7 cm³/mol. The number of anilines is 1. The number of nitrogens with zero attached hydrogens (tertiary/aromatic N) is 1. The average Bonchev–Trinajstić information content (AvgIpc) is 2.73. The summed E-state index contributed by atoms with van der Waals surface area (Å²) >= 11 is 6.37. The normalized spacial score (nSPS) is 15.3. The summed E-state index contributed by atoms with van der Waals surface area (Å²) in [5.74, 6) is -0.254. The van der Waals surface area contributed by atoms with Gasteiger partial charge in [0.15, 0.2) is 0 Å². The average molecular weight is 290 g/mol. The van der Waals surface area contributed by atoms with Crippen LogP contribution in [-0.2, 0) is 11.2 Å². The first kappa shape index (κ1) is 13.1. The van der Waals surface area contributed by atoms with Gasteiger partial charge in [-0.2, -0.15) is 0 Å². The van der Waals surface area contributed by atoms with Crippen molar-refractivity contribution in [2.75, 3.05) is 11.9 Å². The molecule has 1 unspecified atom stereocenters. The van der Waals surface area contributed by atoms with Gasteiger partial charge in [-0.25, -0.2) is 4.39 Å². The first-order valence-electron chi connectivity index (χ1n) is 6.36. The molecule has 0 bridgehead atoms. The lowest BCUT2D eigenvalue weighted by atomic mass is 10.0. The van der Waals surface area contributed by atoms with E-state index in [0.29, 0.717) is 12.0 Å². The number of alkyl halides is 1. The lowest BCUT2D eigenvalue weighted by Gasteiger charge is -2.14. The van der Waals surface area contributed by atoms with Crippen LogP contribution in [0.4, 0.5) is 10.1 Å². The summed E-state index contributed by atoms with van der Waals surface area (Å²) in [5.41, 5.74) is 3.10. The maximum atomic E-state index is 13.8. The first-order valence-corrected chi connectivity index (χ1v) is 6.79. The van der Waals surface area contributed by atoms with Crippen molar-refractivity contribution in [1.82, 2.24) is 0 Å². The highest BCUT2D eigenvalue weighted by Gasteiger charge is 2.25. The number of hydrogen-bond donors (Lipinski definition) is 0. The Morgan fingerprint density at radius 2 is 2.00 bits per heavy atom. The molecule has 1 heterocycles. The van der Waals surface area contributed by atoms with Crippen LogP contribution in [0, 0.1) is 5.82 Å². The Kier molecular flexibility index (Phi) is 3.22. The van der Waals surface area contributed by atoms with E-state index in [2.05, 4.69) is 0 Å². The molecule has 0 saturated carbocycles. The van der Waals surface area contributed by atoms with Crippen LogP contribution in [0.5, 0.6) is 0 Å². The van der Waals surface area contributed by atoms with Gasteiger partial charge in [-0.05, 0) is 23.3 Å². The molecule has 3 rings (SSSR count). The van der Waals surface area contributed by atoms with Crippen LogP contribution in [0.15, 0.2) is 42.5 Å². The second-order valence-electron chi connectivity index (χ2n) is 4.90. The molecular weight excluding hydrogens is 277 g/mol. The Balaban J connectivity index is 1.99. The molecule has 1 amide bonds. The van der Waals surface area contributed by atoms with E-state index in [4.69, 9.17) is 11.6 Å². The fourth-order valence-corrected chi connectivity index (χ4v) is 2.82. The molecule has 0 fully saturated rings. The van der Waals surface area contributed by atoms with E-state index in [1.54, 1.807) is 30.1 Å². The first-order chi connectivity index (χ1) is 9.58. The molecule has 0 N–H and O–H groups in total. The van der Waals surface area contributed by atoms with Crippen LogP contribution < -0.4 is 4.90 Å². The maximum absolute atomic E-state index is 13.8. The SMILES string of the molecule is CN1C(=O)Cc2cc(C(Cl)c3ccccc3F)ccc21. The van der Waals surface area contributed by atoms with Gasteiger partial charge in [-0.3, -0.25) is 4.79 Å². The Labute approximate surface area is 121 Å². The Morgan fingerprint density at radius 3 is 2.75 bits per heavy atom. The number of benzene rings is 2. The molecule has 1 aliphatic rings. The summed E-state index contributed by atoms with van der Waals surface area (Å²) in [7, 11) is 1.75. The minimum Gasteiger partial charge on any atom is -0.315 e. The number of halogens is 2. The van der Waals surface area contributed by atoms with E-state index in [1.807, 2.05) is 18.2 Å². The number of rotatable bonds is 2. The summed E-state index contributed by atoms with van der Waals surface area (Å²) in [5, 5.41) is -0.553. The quantitative estimate of drug-likeness (QED) is 0.773. The van der Waals surface area contributed by atoms with Gasteiger partial charge in [-0.1, -0.05) is 30.3 Å². The standard InChI is InChI=1S/C16H13ClFNO/c1-19-14-7-6-10(8-11(14)9-15(19)20)16(17)12-4-2-3-5-13(12)18/h2-8,16H,9H2,1H3. The topological polar surface area (TPSA) is 20.3 Å². The van der Waals surface area contributed by atoms with Crippen molar-refractivity contribution in [3.63, 3.8) is 0 Å². The molecule has 1 aliphatic heterocycles. The molecular formula is C16H13ClFNO. The van der Waals surface area contributed by atoms with Crippen molar-refractivity contribution in [3.05, 3.63) is 65.0 Å². The zero-order valence-corrected chi connectivity index (χ0v) is 11.7. The fourth-order valence-electron chi connectivity index (χ4n) is 2.51. The molecule has 0 radical (unpaired) electrons. The van der Waals surface area contributed by atoms with E-state index >= 15 is 0 Å². The molecule has 0 saturated heterocycles. The van der Waals surface area contributed by atoms with Crippen LogP contribution in [0.3, 0.4) is 0 Å². The Morgan fingerprint density at radius 1 is 1.25 bits per heavy atom. The highest BCUT2D eigenvalue weighted by atomic mass is 35.5. The van der Waals surface area contributed by atoms with E-state index in [0.717, 1.165) is 16.8 Å². The Hall–Kier alpha value is -1.87. The number of carbonyl (C=O) groups is 1. The molecule has 102 valence electrons. The van der Waals surface area contributed by atoms with Crippen LogP contribution >= 0.6 is 11.6 Å². The number of carbonyl (C=O) groups excluding carboxylic acids is 1. The van der Waals surface area contributed by atoms with Gasteiger partial charge in [0.25, 0.3) is 0 Å². The highest BCUT2D eigenvalue weighted by molar-refractivity contribution is 6.22. The van der Waals surface area contributed by atoms with Crippen LogP contribution in [0.1, 0.15) is 22.1 Å². The van der Waals surface area contributed by atoms with E-state index in [-0.39, 0.29) is 11.7 Å². The van der Waals surface area contributed by atoms with Gasteiger partial charge in [0.05, 0.1) is 11.8 Å². The third-order valence-electron chi connectivity index (χ3n) is 3.65. The summed E-state index contributed by atoms with van der Waals surface area (Å²) in [6, 6.07) is 12.1. The van der Waals surface area contributed by atoms with Gasteiger partial charge in [0, 0.05) is 18.3 Å². The molecule has 2 aromatic carbocycles. The second kappa shape index (κ2) is 4.91. The monoisotopic (exact) mass is 289 g/mol. The minimum absolute atomic E-state index is 0.0640. The van der Waals surface area contributed by atoms with Crippen LogP contribution in [0.2, 0.25) is 0 Å². The summed E-state index contributed by atoms with van der Waals surface area (Å²) < 4.78 is 13.8. The van der Waals surface area contributed by atoms with E-state index in [1.165, 1.54) is 6.07 Å². The maximum Gasteiger partial charge on any atom is 0.231 e. The van der Waals surface area contributed by atoms with Gasteiger partial charge in [-0.15, -0.1) is 11.6 Å². The Bertz CT molecular complexity index is 686. The fraction of sp³-hybridized carbons (Fsp3) is 0.188. The van der Waals surface area contributed by atoms with Gasteiger partial charge >= 0.3 is 0 Å². The molecule has 2 nitrogen and oxygen atoms in total. The molecule has 0 aliphatic carbocycles. The lowest BCUT2D eigenvalue weighted by Crippen LogP contribution is -2.20. The van der Waals surface area contributed by atoms with Crippen molar-refractivity contribution in [2.24, 2.45) is 0 Å². The number of likely N-dealkylation sites (N-methyl/N-ethyl adjacent to an activating group) is 1. The molecule has 4 heteroatoms. The second-order valence-corrected chi connectivity index (χ2v) is 5.34. The predicted octanol–water partition coefficient (Wildman–Crippen LogP) is 3.67.